The fraction of sp³-hybridized carbons (Fsp3) is 0.700. The van der Waals surface area contributed by atoms with Gasteiger partial charge in [-0.05, 0) is 37.7 Å². The second-order valence-corrected chi connectivity index (χ2v) is 12.2. The fourth-order valence-corrected chi connectivity index (χ4v) is 6.71. The highest BCUT2D eigenvalue weighted by Crippen LogP contribution is 2.39. The molecule has 9 nitrogen and oxygen atoms in total. The summed E-state index contributed by atoms with van der Waals surface area (Å²) in [5.41, 5.74) is 0.872. The molecule has 1 aromatic rings. The Morgan fingerprint density at radius 3 is 2.49 bits per heavy atom. The molecule has 0 bridgehead atoms. The zero-order chi connectivity index (χ0) is 29.3. The molecule has 3 heterocycles. The van der Waals surface area contributed by atoms with Crippen LogP contribution in [0.2, 0.25) is 0 Å². The summed E-state index contributed by atoms with van der Waals surface area (Å²) >= 11 is 0. The predicted molar refractivity (Wildman–Crippen MR) is 162 cm³/mol. The van der Waals surface area contributed by atoms with Crippen molar-refractivity contribution in [3.63, 3.8) is 0 Å². The minimum atomic E-state index is -2.78. The van der Waals surface area contributed by atoms with E-state index < -0.39 is 35.9 Å². The number of ether oxygens (including phenoxy) is 1. The number of hydrogen-bond acceptors (Lipinski definition) is 6. The Morgan fingerprint density at radius 2 is 1.79 bits per heavy atom. The van der Waals surface area contributed by atoms with Gasteiger partial charge < -0.3 is 25.4 Å². The summed E-state index contributed by atoms with van der Waals surface area (Å²) in [6, 6.07) is 5.28. The third-order valence-corrected chi connectivity index (χ3v) is 9.41. The van der Waals surface area contributed by atoms with Crippen molar-refractivity contribution >= 4 is 42.5 Å². The molecule has 3 aliphatic heterocycles. The molecule has 3 amide bonds. The molecular weight excluding hydrogens is 605 g/mol. The molecular formula is C30H44Cl2F2N4O5. The Morgan fingerprint density at radius 1 is 1.09 bits per heavy atom. The van der Waals surface area contributed by atoms with Crippen LogP contribution in [0.1, 0.15) is 70.4 Å². The number of nitrogens with zero attached hydrogens (tertiary/aromatic N) is 2. The molecule has 0 unspecified atom stereocenters. The van der Waals surface area contributed by atoms with E-state index in [0.29, 0.717) is 38.2 Å². The van der Waals surface area contributed by atoms with Crippen molar-refractivity contribution < 1.29 is 33.0 Å². The molecule has 0 aromatic heterocycles. The standard InChI is InChI=1S/C30H42F2N4O5.2ClH/c1-3-18(2)27(38)34-26(19-8-11-30(31,32)12-9-19)29(40)36-15-20-14-21(37)16-35(20)17-24(36)28(39)33-23-10-13-41-25-7-5-4-6-22(23)25;;/h4-7,18-21,23-24,26,37H,3,8-17H2,1-2H3,(H,33,39)(H,34,38);2*1H/t18-,20-,21-,23-,24+,26+;;/m1../s1. The number of rotatable bonds is 7. The van der Waals surface area contributed by atoms with Crippen LogP contribution in [0.3, 0.4) is 0 Å². The van der Waals surface area contributed by atoms with E-state index in [2.05, 4.69) is 10.6 Å². The molecule has 1 saturated carbocycles. The number of aliphatic hydroxyl groups excluding tert-OH is 1. The highest BCUT2D eigenvalue weighted by atomic mass is 35.5. The quantitative estimate of drug-likeness (QED) is 0.418. The van der Waals surface area contributed by atoms with Gasteiger partial charge in [0.15, 0.2) is 0 Å². The van der Waals surface area contributed by atoms with Crippen molar-refractivity contribution in [2.24, 2.45) is 11.8 Å². The Balaban J connectivity index is 0.00000253. The molecule has 3 fully saturated rings. The first-order valence-electron chi connectivity index (χ1n) is 15.0. The zero-order valence-corrected chi connectivity index (χ0v) is 26.3. The van der Waals surface area contributed by atoms with Crippen molar-refractivity contribution in [2.75, 3.05) is 26.2 Å². The molecule has 5 rings (SSSR count). The minimum absolute atomic E-state index is 0. The first-order chi connectivity index (χ1) is 19.6. The van der Waals surface area contributed by atoms with Crippen LogP contribution in [0.15, 0.2) is 24.3 Å². The summed E-state index contributed by atoms with van der Waals surface area (Å²) in [7, 11) is 0. The van der Waals surface area contributed by atoms with E-state index in [1.807, 2.05) is 36.1 Å². The molecule has 0 spiro atoms. The number of carbonyl (C=O) groups excluding carboxylic acids is 3. The monoisotopic (exact) mass is 648 g/mol. The molecule has 43 heavy (non-hydrogen) atoms. The number of halogens is 4. The number of piperazine rings is 1. The van der Waals surface area contributed by atoms with Gasteiger partial charge in [0.25, 0.3) is 0 Å². The second kappa shape index (κ2) is 14.7. The van der Waals surface area contributed by atoms with Gasteiger partial charge in [-0.3, -0.25) is 19.3 Å². The third-order valence-electron chi connectivity index (χ3n) is 9.41. The normalized spacial score (nSPS) is 28.1. The van der Waals surface area contributed by atoms with Crippen molar-refractivity contribution in [3.05, 3.63) is 29.8 Å². The van der Waals surface area contributed by atoms with Crippen LogP contribution >= 0.6 is 24.8 Å². The van der Waals surface area contributed by atoms with Crippen molar-refractivity contribution in [2.45, 2.75) is 95.0 Å². The van der Waals surface area contributed by atoms with Gasteiger partial charge in [0.05, 0.1) is 18.8 Å². The van der Waals surface area contributed by atoms with Crippen molar-refractivity contribution in [1.29, 1.82) is 0 Å². The lowest BCUT2D eigenvalue weighted by atomic mass is 9.81. The maximum absolute atomic E-state index is 14.3. The minimum Gasteiger partial charge on any atom is -0.493 e. The summed E-state index contributed by atoms with van der Waals surface area (Å²) in [6.07, 6.45) is 0.633. The van der Waals surface area contributed by atoms with Gasteiger partial charge in [-0.15, -0.1) is 24.8 Å². The Kier molecular flexibility index (Phi) is 12.1. The summed E-state index contributed by atoms with van der Waals surface area (Å²) in [5, 5.41) is 16.4. The summed E-state index contributed by atoms with van der Waals surface area (Å²) < 4.78 is 33.8. The topological polar surface area (TPSA) is 111 Å². The number of nitrogens with one attached hydrogen (secondary N) is 2. The number of fused-ring (bicyclic) bond motifs is 2. The van der Waals surface area contributed by atoms with Gasteiger partial charge in [0.2, 0.25) is 23.6 Å². The second-order valence-electron chi connectivity index (χ2n) is 12.2. The first-order valence-corrected chi connectivity index (χ1v) is 15.0. The molecule has 242 valence electrons. The molecule has 6 atom stereocenters. The van der Waals surface area contributed by atoms with Gasteiger partial charge in [-0.25, -0.2) is 8.78 Å². The lowest BCUT2D eigenvalue weighted by Gasteiger charge is -2.45. The van der Waals surface area contributed by atoms with Crippen LogP contribution in [0.25, 0.3) is 0 Å². The molecule has 2 saturated heterocycles. The fourth-order valence-electron chi connectivity index (χ4n) is 6.71. The average molecular weight is 650 g/mol. The zero-order valence-electron chi connectivity index (χ0n) is 24.7. The number of para-hydroxylation sites is 1. The van der Waals surface area contributed by atoms with Gasteiger partial charge in [-0.1, -0.05) is 32.0 Å². The van der Waals surface area contributed by atoms with E-state index in [4.69, 9.17) is 4.74 Å². The number of benzene rings is 1. The highest BCUT2D eigenvalue weighted by molar-refractivity contribution is 5.93. The molecule has 3 N–H and O–H groups in total. The van der Waals surface area contributed by atoms with Gasteiger partial charge >= 0.3 is 0 Å². The number of alkyl halides is 2. The van der Waals surface area contributed by atoms with Crippen LogP contribution in [0.5, 0.6) is 5.75 Å². The van der Waals surface area contributed by atoms with E-state index in [1.165, 1.54) is 4.90 Å². The van der Waals surface area contributed by atoms with Crippen molar-refractivity contribution in [3.8, 4) is 5.75 Å². The Hall–Kier alpha value is -2.21. The largest absolute Gasteiger partial charge is 0.493 e. The van der Waals surface area contributed by atoms with Gasteiger partial charge in [0.1, 0.15) is 17.8 Å². The lowest BCUT2D eigenvalue weighted by molar-refractivity contribution is -0.150. The van der Waals surface area contributed by atoms with Gasteiger partial charge in [0, 0.05) is 56.4 Å². The van der Waals surface area contributed by atoms with E-state index in [1.54, 1.807) is 6.92 Å². The van der Waals surface area contributed by atoms with Crippen LogP contribution in [-0.2, 0) is 14.4 Å². The molecule has 1 aliphatic carbocycles. The number of hydrogen-bond donors (Lipinski definition) is 3. The first kappa shape index (κ1) is 35.3. The maximum Gasteiger partial charge on any atom is 0.248 e. The van der Waals surface area contributed by atoms with E-state index >= 15 is 0 Å². The van der Waals surface area contributed by atoms with E-state index in [0.717, 1.165) is 5.56 Å². The average Bonchev–Trinajstić information content (AvgIpc) is 3.33. The Labute approximate surface area is 264 Å². The van der Waals surface area contributed by atoms with E-state index in [9.17, 15) is 28.3 Å². The van der Waals surface area contributed by atoms with E-state index in [-0.39, 0.29) is 93.4 Å². The smallest absolute Gasteiger partial charge is 0.248 e. The lowest BCUT2D eigenvalue weighted by Crippen LogP contribution is -2.66. The summed E-state index contributed by atoms with van der Waals surface area (Å²) in [6.45, 7) is 4.98. The highest BCUT2D eigenvalue weighted by Gasteiger charge is 2.48. The molecule has 0 radical (unpaired) electrons. The SMILES string of the molecule is CC[C@@H](C)C(=O)N[C@H](C(=O)N1C[C@H]2C[C@@H](O)CN2C[C@H]1C(=O)N[C@@H]1CCOc2ccccc21)C1CCC(F)(F)CC1.Cl.Cl. The summed E-state index contributed by atoms with van der Waals surface area (Å²) in [4.78, 5) is 44.8. The Bertz CT molecular complexity index is 1140. The molecule has 4 aliphatic rings. The number of carbonyl (C=O) groups is 3. The number of amides is 3. The van der Waals surface area contributed by atoms with Crippen LogP contribution in [0, 0.1) is 11.8 Å². The maximum atomic E-state index is 14.3. The van der Waals surface area contributed by atoms with Crippen LogP contribution < -0.4 is 15.4 Å². The number of aliphatic hydroxyl groups is 1. The van der Waals surface area contributed by atoms with Crippen LogP contribution in [0.4, 0.5) is 8.78 Å². The van der Waals surface area contributed by atoms with Crippen molar-refractivity contribution in [1.82, 2.24) is 20.4 Å². The third kappa shape index (κ3) is 7.90. The predicted octanol–water partition coefficient (Wildman–Crippen LogP) is 3.47. The van der Waals surface area contributed by atoms with Crippen LogP contribution in [-0.4, -0.2) is 89.0 Å². The van der Waals surface area contributed by atoms with Gasteiger partial charge in [-0.2, -0.15) is 0 Å². The molecule has 1 aromatic carbocycles. The molecule has 13 heteroatoms. The summed E-state index contributed by atoms with van der Waals surface area (Å²) in [5.74, 6) is -3.88.